The van der Waals surface area contributed by atoms with Crippen molar-refractivity contribution in [2.75, 3.05) is 11.5 Å². The van der Waals surface area contributed by atoms with Gasteiger partial charge >= 0.3 is 0 Å². The first-order valence-corrected chi connectivity index (χ1v) is 4.78. The standard InChI is InChI=1S/C8H10ClNS/c1-2-11-6-3-4-8(10)7(9)5-6/h3-5H,2,10H2,1H3. The van der Waals surface area contributed by atoms with E-state index < -0.39 is 0 Å². The molecular formula is C8H10ClNS. The van der Waals surface area contributed by atoms with Gasteiger partial charge in [0, 0.05) is 4.90 Å². The summed E-state index contributed by atoms with van der Waals surface area (Å²) in [7, 11) is 0. The van der Waals surface area contributed by atoms with Gasteiger partial charge in [-0.3, -0.25) is 0 Å². The van der Waals surface area contributed by atoms with Crippen LogP contribution >= 0.6 is 23.4 Å². The van der Waals surface area contributed by atoms with Gasteiger partial charge in [-0.25, -0.2) is 0 Å². The third-order valence-corrected chi connectivity index (χ3v) is 2.49. The molecule has 0 aliphatic carbocycles. The van der Waals surface area contributed by atoms with E-state index in [2.05, 4.69) is 6.92 Å². The Kier molecular flexibility index (Phi) is 3.09. The molecule has 1 rings (SSSR count). The minimum Gasteiger partial charge on any atom is -0.398 e. The quantitative estimate of drug-likeness (QED) is 0.569. The highest BCUT2D eigenvalue weighted by atomic mass is 35.5. The maximum atomic E-state index is 5.81. The Labute approximate surface area is 75.9 Å². The number of nitrogen functional groups attached to an aromatic ring is 1. The summed E-state index contributed by atoms with van der Waals surface area (Å²) in [5.41, 5.74) is 6.19. The van der Waals surface area contributed by atoms with Gasteiger partial charge in [0.05, 0.1) is 10.7 Å². The van der Waals surface area contributed by atoms with E-state index >= 15 is 0 Å². The predicted molar refractivity (Wildman–Crippen MR) is 52.3 cm³/mol. The van der Waals surface area contributed by atoms with Gasteiger partial charge < -0.3 is 5.73 Å². The lowest BCUT2D eigenvalue weighted by molar-refractivity contribution is 1.43. The average molecular weight is 188 g/mol. The maximum absolute atomic E-state index is 5.81. The molecule has 2 N–H and O–H groups in total. The van der Waals surface area contributed by atoms with Crippen LogP contribution < -0.4 is 5.73 Å². The van der Waals surface area contributed by atoms with Crippen molar-refractivity contribution in [2.24, 2.45) is 0 Å². The molecule has 0 saturated carbocycles. The van der Waals surface area contributed by atoms with Crippen molar-refractivity contribution in [3.8, 4) is 0 Å². The summed E-state index contributed by atoms with van der Waals surface area (Å²) in [5, 5.41) is 0.642. The number of benzene rings is 1. The molecule has 0 aromatic heterocycles. The van der Waals surface area contributed by atoms with Crippen LogP contribution in [0.1, 0.15) is 6.92 Å². The van der Waals surface area contributed by atoms with Gasteiger partial charge in [-0.1, -0.05) is 18.5 Å². The lowest BCUT2D eigenvalue weighted by Gasteiger charge is -2.00. The van der Waals surface area contributed by atoms with Crippen LogP contribution in [0.2, 0.25) is 5.02 Å². The van der Waals surface area contributed by atoms with E-state index in [0.29, 0.717) is 10.7 Å². The molecule has 1 nitrogen and oxygen atoms in total. The normalized spacial score (nSPS) is 10.0. The summed E-state index contributed by atoms with van der Waals surface area (Å²) in [4.78, 5) is 1.17. The third kappa shape index (κ3) is 2.31. The molecule has 0 aliphatic heterocycles. The summed E-state index contributed by atoms with van der Waals surface area (Å²) in [5.74, 6) is 1.06. The summed E-state index contributed by atoms with van der Waals surface area (Å²) in [6, 6.07) is 5.71. The van der Waals surface area contributed by atoms with Crippen molar-refractivity contribution in [2.45, 2.75) is 11.8 Å². The van der Waals surface area contributed by atoms with Crippen LogP contribution in [-0.4, -0.2) is 5.75 Å². The number of hydrogen-bond donors (Lipinski definition) is 1. The van der Waals surface area contributed by atoms with Crippen molar-refractivity contribution < 1.29 is 0 Å². The van der Waals surface area contributed by atoms with Crippen molar-refractivity contribution in [3.63, 3.8) is 0 Å². The van der Waals surface area contributed by atoms with Gasteiger partial charge in [0.15, 0.2) is 0 Å². The Morgan fingerprint density at radius 3 is 2.82 bits per heavy atom. The minimum absolute atomic E-state index is 0.642. The summed E-state index contributed by atoms with van der Waals surface area (Å²) >= 11 is 7.57. The fraction of sp³-hybridized carbons (Fsp3) is 0.250. The first kappa shape index (κ1) is 8.75. The molecule has 0 fully saturated rings. The first-order chi connectivity index (χ1) is 5.24. The zero-order valence-electron chi connectivity index (χ0n) is 6.30. The third-order valence-electron chi connectivity index (χ3n) is 1.28. The van der Waals surface area contributed by atoms with Crippen LogP contribution in [0.4, 0.5) is 5.69 Å². The van der Waals surface area contributed by atoms with Crippen molar-refractivity contribution >= 4 is 29.1 Å². The molecule has 1 aromatic rings. The Bertz CT molecular complexity index is 250. The van der Waals surface area contributed by atoms with Gasteiger partial charge in [0.1, 0.15) is 0 Å². The Hall–Kier alpha value is -0.340. The first-order valence-electron chi connectivity index (χ1n) is 3.42. The Morgan fingerprint density at radius 2 is 2.27 bits per heavy atom. The number of nitrogens with two attached hydrogens (primary N) is 1. The molecule has 0 amide bonds. The number of anilines is 1. The fourth-order valence-corrected chi connectivity index (χ4v) is 1.71. The second kappa shape index (κ2) is 3.88. The highest BCUT2D eigenvalue weighted by Gasteiger charge is 1.96. The number of halogens is 1. The van der Waals surface area contributed by atoms with E-state index in [1.165, 1.54) is 4.90 Å². The topological polar surface area (TPSA) is 26.0 Å². The van der Waals surface area contributed by atoms with Gasteiger partial charge in [-0.05, 0) is 24.0 Å². The molecule has 0 radical (unpaired) electrons. The zero-order chi connectivity index (χ0) is 8.27. The van der Waals surface area contributed by atoms with Crippen molar-refractivity contribution in [1.82, 2.24) is 0 Å². The molecule has 0 unspecified atom stereocenters. The summed E-state index contributed by atoms with van der Waals surface area (Å²) in [6.07, 6.45) is 0. The van der Waals surface area contributed by atoms with Gasteiger partial charge in [-0.15, -0.1) is 11.8 Å². The second-order valence-corrected chi connectivity index (χ2v) is 3.86. The van der Waals surface area contributed by atoms with E-state index in [9.17, 15) is 0 Å². The molecule has 3 heteroatoms. The average Bonchev–Trinajstić information content (AvgIpc) is 1.98. The van der Waals surface area contributed by atoms with Gasteiger partial charge in [-0.2, -0.15) is 0 Å². The molecule has 0 saturated heterocycles. The monoisotopic (exact) mass is 187 g/mol. The van der Waals surface area contributed by atoms with Crippen molar-refractivity contribution in [1.29, 1.82) is 0 Å². The lowest BCUT2D eigenvalue weighted by Crippen LogP contribution is -1.85. The fourth-order valence-electron chi connectivity index (χ4n) is 0.764. The minimum atomic E-state index is 0.642. The second-order valence-electron chi connectivity index (χ2n) is 2.12. The molecule has 0 aliphatic rings. The number of hydrogen-bond acceptors (Lipinski definition) is 2. The van der Waals surface area contributed by atoms with E-state index in [-0.39, 0.29) is 0 Å². The number of rotatable bonds is 2. The molecule has 0 atom stereocenters. The van der Waals surface area contributed by atoms with Crippen LogP contribution in [0.5, 0.6) is 0 Å². The van der Waals surface area contributed by atoms with Crippen LogP contribution in [0.15, 0.2) is 23.1 Å². The van der Waals surface area contributed by atoms with E-state index in [1.54, 1.807) is 11.8 Å². The van der Waals surface area contributed by atoms with E-state index in [0.717, 1.165) is 5.75 Å². The SMILES string of the molecule is CCSc1ccc(N)c(Cl)c1. The van der Waals surface area contributed by atoms with Crippen LogP contribution in [-0.2, 0) is 0 Å². The Morgan fingerprint density at radius 1 is 1.55 bits per heavy atom. The van der Waals surface area contributed by atoms with Gasteiger partial charge in [0.25, 0.3) is 0 Å². The largest absolute Gasteiger partial charge is 0.398 e. The smallest absolute Gasteiger partial charge is 0.0646 e. The van der Waals surface area contributed by atoms with Gasteiger partial charge in [0.2, 0.25) is 0 Å². The van der Waals surface area contributed by atoms with Crippen molar-refractivity contribution in [3.05, 3.63) is 23.2 Å². The van der Waals surface area contributed by atoms with E-state index in [1.807, 2.05) is 18.2 Å². The van der Waals surface area contributed by atoms with Crippen LogP contribution in [0.25, 0.3) is 0 Å². The molecule has 0 bridgehead atoms. The highest BCUT2D eigenvalue weighted by Crippen LogP contribution is 2.25. The highest BCUT2D eigenvalue weighted by molar-refractivity contribution is 7.99. The number of thioether (sulfide) groups is 1. The van der Waals surface area contributed by atoms with Crippen LogP contribution in [0, 0.1) is 0 Å². The molecule has 11 heavy (non-hydrogen) atoms. The molecule has 1 aromatic carbocycles. The predicted octanol–water partition coefficient (Wildman–Crippen LogP) is 3.03. The molecular weight excluding hydrogens is 178 g/mol. The molecule has 0 spiro atoms. The maximum Gasteiger partial charge on any atom is 0.0646 e. The zero-order valence-corrected chi connectivity index (χ0v) is 7.88. The van der Waals surface area contributed by atoms with E-state index in [4.69, 9.17) is 17.3 Å². The lowest BCUT2D eigenvalue weighted by atomic mass is 10.3. The molecule has 60 valence electrons. The summed E-state index contributed by atoms with van der Waals surface area (Å²) in [6.45, 7) is 2.11. The van der Waals surface area contributed by atoms with Crippen LogP contribution in [0.3, 0.4) is 0 Å². The molecule has 0 heterocycles. The Balaban J connectivity index is 2.86. The summed E-state index contributed by atoms with van der Waals surface area (Å²) < 4.78 is 0.